The fourth-order valence-electron chi connectivity index (χ4n) is 1.36. The molecule has 1 aliphatic rings. The molecule has 0 spiro atoms. The van der Waals surface area contributed by atoms with Gasteiger partial charge in [-0.25, -0.2) is 0 Å². The average Bonchev–Trinajstić information content (AvgIpc) is 2.12. The summed E-state index contributed by atoms with van der Waals surface area (Å²) in [6.07, 6.45) is -0.422. The van der Waals surface area contributed by atoms with E-state index in [1.807, 2.05) is 0 Å². The van der Waals surface area contributed by atoms with E-state index in [9.17, 15) is 9.59 Å². The monoisotopic (exact) mass is 194 g/mol. The molecular formula is C9H10N2O3. The number of carbonyl (C=O) groups is 1. The minimum atomic E-state index is -0.422. The van der Waals surface area contributed by atoms with Crippen LogP contribution in [0.4, 0.5) is 0 Å². The van der Waals surface area contributed by atoms with Crippen LogP contribution in [0.2, 0.25) is 0 Å². The zero-order valence-corrected chi connectivity index (χ0v) is 7.43. The van der Waals surface area contributed by atoms with Gasteiger partial charge in [-0.15, -0.1) is 0 Å². The van der Waals surface area contributed by atoms with E-state index in [0.717, 1.165) is 0 Å². The van der Waals surface area contributed by atoms with Crippen LogP contribution < -0.4 is 5.56 Å². The third kappa shape index (κ3) is 1.54. The van der Waals surface area contributed by atoms with Crippen molar-refractivity contribution in [1.29, 1.82) is 0 Å². The van der Waals surface area contributed by atoms with Gasteiger partial charge in [0.05, 0.1) is 6.10 Å². The van der Waals surface area contributed by atoms with Crippen LogP contribution in [0.1, 0.15) is 10.5 Å². The molecular weight excluding hydrogens is 184 g/mol. The van der Waals surface area contributed by atoms with Crippen LogP contribution in [0.25, 0.3) is 0 Å². The number of likely N-dealkylation sites (tertiary alicyclic amines) is 1. The summed E-state index contributed by atoms with van der Waals surface area (Å²) in [7, 11) is 0. The number of aromatic amines is 1. The molecule has 74 valence electrons. The molecule has 1 amide bonds. The maximum atomic E-state index is 11.6. The molecule has 1 fully saturated rings. The first kappa shape index (κ1) is 8.96. The van der Waals surface area contributed by atoms with Crippen LogP contribution >= 0.6 is 0 Å². The second kappa shape index (κ2) is 3.26. The van der Waals surface area contributed by atoms with Crippen molar-refractivity contribution in [2.24, 2.45) is 0 Å². The van der Waals surface area contributed by atoms with Crippen molar-refractivity contribution in [3.8, 4) is 0 Å². The van der Waals surface area contributed by atoms with Crippen LogP contribution in [-0.2, 0) is 0 Å². The number of aliphatic hydroxyl groups excluding tert-OH is 1. The van der Waals surface area contributed by atoms with E-state index < -0.39 is 6.10 Å². The van der Waals surface area contributed by atoms with Crippen molar-refractivity contribution in [3.05, 3.63) is 34.2 Å². The lowest BCUT2D eigenvalue weighted by Crippen LogP contribution is -2.53. The normalized spacial score (nSPS) is 16.5. The Morgan fingerprint density at radius 2 is 2.21 bits per heavy atom. The van der Waals surface area contributed by atoms with Crippen molar-refractivity contribution in [2.45, 2.75) is 6.10 Å². The van der Waals surface area contributed by atoms with Crippen LogP contribution in [-0.4, -0.2) is 40.1 Å². The lowest BCUT2D eigenvalue weighted by Gasteiger charge is -2.35. The standard InChI is InChI=1S/C9H10N2O3/c12-6-4-11(5-6)9(14)7-2-1-3-8(13)10-7/h1-3,6,12H,4-5H2,(H,10,13). The summed E-state index contributed by atoms with van der Waals surface area (Å²) < 4.78 is 0. The van der Waals surface area contributed by atoms with E-state index in [0.29, 0.717) is 13.1 Å². The lowest BCUT2D eigenvalue weighted by atomic mass is 10.1. The van der Waals surface area contributed by atoms with Crippen molar-refractivity contribution >= 4 is 5.91 Å². The second-order valence-electron chi connectivity index (χ2n) is 3.29. The molecule has 1 saturated heterocycles. The van der Waals surface area contributed by atoms with E-state index >= 15 is 0 Å². The van der Waals surface area contributed by atoms with E-state index in [-0.39, 0.29) is 17.2 Å². The van der Waals surface area contributed by atoms with Crippen LogP contribution in [0.15, 0.2) is 23.0 Å². The molecule has 2 heterocycles. The molecule has 0 unspecified atom stereocenters. The van der Waals surface area contributed by atoms with Gasteiger partial charge in [0.2, 0.25) is 5.56 Å². The molecule has 2 rings (SSSR count). The summed E-state index contributed by atoms with van der Waals surface area (Å²) >= 11 is 0. The maximum Gasteiger partial charge on any atom is 0.270 e. The Hall–Kier alpha value is -1.62. The van der Waals surface area contributed by atoms with Gasteiger partial charge in [0.15, 0.2) is 0 Å². The Bertz CT molecular complexity index is 407. The number of nitrogens with one attached hydrogen (secondary N) is 1. The highest BCUT2D eigenvalue weighted by molar-refractivity contribution is 5.92. The minimum Gasteiger partial charge on any atom is -0.389 e. The maximum absolute atomic E-state index is 11.6. The van der Waals surface area contributed by atoms with Gasteiger partial charge in [-0.1, -0.05) is 6.07 Å². The third-order valence-electron chi connectivity index (χ3n) is 2.15. The number of amides is 1. The highest BCUT2D eigenvalue weighted by Crippen LogP contribution is 2.10. The van der Waals surface area contributed by atoms with E-state index in [2.05, 4.69) is 4.98 Å². The SMILES string of the molecule is O=C(c1cccc(=O)[nH]1)N1CC(O)C1. The number of aromatic nitrogens is 1. The minimum absolute atomic E-state index is 0.243. The predicted octanol–water partition coefficient (Wildman–Crippen LogP) is -0.808. The summed E-state index contributed by atoms with van der Waals surface area (Å²) in [5.74, 6) is -0.243. The van der Waals surface area contributed by atoms with Crippen LogP contribution in [0, 0.1) is 0 Å². The number of β-amino-alcohol motifs (C(OH)–C–C–N with tert-alkyl or cyclic N) is 1. The molecule has 1 aromatic heterocycles. The quantitative estimate of drug-likeness (QED) is 0.614. The molecule has 0 bridgehead atoms. The largest absolute Gasteiger partial charge is 0.389 e. The molecule has 2 N–H and O–H groups in total. The van der Waals surface area contributed by atoms with Crippen LogP contribution in [0.3, 0.4) is 0 Å². The van der Waals surface area contributed by atoms with Crippen molar-refractivity contribution in [1.82, 2.24) is 9.88 Å². The molecule has 5 nitrogen and oxygen atoms in total. The first-order valence-corrected chi connectivity index (χ1v) is 4.33. The zero-order chi connectivity index (χ0) is 10.1. The Labute approximate surface area is 80.0 Å². The summed E-state index contributed by atoms with van der Waals surface area (Å²) in [5.41, 5.74) is -0.0266. The second-order valence-corrected chi connectivity index (χ2v) is 3.29. The first-order valence-electron chi connectivity index (χ1n) is 4.33. The number of H-pyrrole nitrogens is 1. The number of hydrogen-bond acceptors (Lipinski definition) is 3. The Kier molecular flexibility index (Phi) is 2.09. The van der Waals surface area contributed by atoms with Gasteiger partial charge in [-0.3, -0.25) is 9.59 Å². The van der Waals surface area contributed by atoms with Crippen LogP contribution in [0.5, 0.6) is 0 Å². The molecule has 0 aliphatic carbocycles. The van der Waals surface area contributed by atoms with Gasteiger partial charge in [0.1, 0.15) is 5.69 Å². The van der Waals surface area contributed by atoms with Gasteiger partial charge in [0.25, 0.3) is 5.91 Å². The van der Waals surface area contributed by atoms with E-state index in [4.69, 9.17) is 5.11 Å². The molecule has 1 aliphatic heterocycles. The molecule has 0 aromatic carbocycles. The van der Waals surface area contributed by atoms with Crippen molar-refractivity contribution in [3.63, 3.8) is 0 Å². The van der Waals surface area contributed by atoms with Gasteiger partial charge in [0, 0.05) is 19.2 Å². The summed E-state index contributed by atoms with van der Waals surface area (Å²) in [6, 6.07) is 4.43. The van der Waals surface area contributed by atoms with Gasteiger partial charge < -0.3 is 15.0 Å². The number of rotatable bonds is 1. The van der Waals surface area contributed by atoms with Gasteiger partial charge in [-0.2, -0.15) is 0 Å². The van der Waals surface area contributed by atoms with Crippen molar-refractivity contribution < 1.29 is 9.90 Å². The van der Waals surface area contributed by atoms with E-state index in [1.54, 1.807) is 6.07 Å². The Morgan fingerprint density at radius 3 is 2.79 bits per heavy atom. The molecule has 0 saturated carbocycles. The molecule has 0 radical (unpaired) electrons. The molecule has 1 aromatic rings. The summed E-state index contributed by atoms with van der Waals surface area (Å²) in [4.78, 5) is 26.4. The number of pyridine rings is 1. The van der Waals surface area contributed by atoms with Gasteiger partial charge in [-0.05, 0) is 6.07 Å². The predicted molar refractivity (Wildman–Crippen MR) is 49.0 cm³/mol. The Morgan fingerprint density at radius 1 is 1.50 bits per heavy atom. The fraction of sp³-hybridized carbons (Fsp3) is 0.333. The number of carbonyl (C=O) groups excluding carboxylic acids is 1. The summed E-state index contributed by atoms with van der Waals surface area (Å²) in [6.45, 7) is 0.686. The van der Waals surface area contributed by atoms with Crippen molar-refractivity contribution in [2.75, 3.05) is 13.1 Å². The fourth-order valence-corrected chi connectivity index (χ4v) is 1.36. The first-order chi connectivity index (χ1) is 6.66. The number of aliphatic hydroxyl groups is 1. The third-order valence-corrected chi connectivity index (χ3v) is 2.15. The molecule has 5 heteroatoms. The molecule has 0 atom stereocenters. The number of hydrogen-bond donors (Lipinski definition) is 2. The smallest absolute Gasteiger partial charge is 0.270 e. The zero-order valence-electron chi connectivity index (χ0n) is 7.43. The lowest BCUT2D eigenvalue weighted by molar-refractivity contribution is 0.00549. The highest BCUT2D eigenvalue weighted by atomic mass is 16.3. The topological polar surface area (TPSA) is 73.4 Å². The van der Waals surface area contributed by atoms with Gasteiger partial charge >= 0.3 is 0 Å². The Balaban J connectivity index is 2.16. The average molecular weight is 194 g/mol. The highest BCUT2D eigenvalue weighted by Gasteiger charge is 2.29. The summed E-state index contributed by atoms with van der Waals surface area (Å²) in [5, 5.41) is 9.00. The van der Waals surface area contributed by atoms with E-state index in [1.165, 1.54) is 17.0 Å². The number of nitrogens with zero attached hydrogens (tertiary/aromatic N) is 1. The molecule has 14 heavy (non-hydrogen) atoms.